The largest absolute Gasteiger partial charge is 0.492 e. The Morgan fingerprint density at radius 2 is 1.67 bits per heavy atom. The summed E-state index contributed by atoms with van der Waals surface area (Å²) in [5, 5.41) is 4.11. The summed E-state index contributed by atoms with van der Waals surface area (Å²) in [6.45, 7) is 6.52. The number of aryl methyl sites for hydroxylation is 1. The Labute approximate surface area is 132 Å². The van der Waals surface area contributed by atoms with Crippen molar-refractivity contribution in [1.82, 2.24) is 5.32 Å². The highest BCUT2D eigenvalue weighted by Crippen LogP contribution is 2.25. The minimum Gasteiger partial charge on any atom is -0.492 e. The molecule has 21 heavy (non-hydrogen) atoms. The Kier molecular flexibility index (Phi) is 6.09. The number of hydrogen-bond donors (Lipinski definition) is 1. The van der Waals surface area contributed by atoms with Crippen LogP contribution in [-0.2, 0) is 13.1 Å². The SMILES string of the molecule is CCCOc1ccc(CNCc2ccc(C)cc2)cc1Cl. The number of halogens is 1. The van der Waals surface area contributed by atoms with Crippen LogP contribution < -0.4 is 10.1 Å². The van der Waals surface area contributed by atoms with Gasteiger partial charge in [0.25, 0.3) is 0 Å². The predicted molar refractivity (Wildman–Crippen MR) is 89.0 cm³/mol. The summed E-state index contributed by atoms with van der Waals surface area (Å²) in [7, 11) is 0. The van der Waals surface area contributed by atoms with Gasteiger partial charge < -0.3 is 10.1 Å². The molecule has 0 aliphatic rings. The second-order valence-electron chi connectivity index (χ2n) is 5.20. The van der Waals surface area contributed by atoms with Crippen LogP contribution >= 0.6 is 11.6 Å². The molecule has 0 unspecified atom stereocenters. The quantitative estimate of drug-likeness (QED) is 0.798. The van der Waals surface area contributed by atoms with Crippen LogP contribution in [0.25, 0.3) is 0 Å². The number of benzene rings is 2. The van der Waals surface area contributed by atoms with E-state index in [9.17, 15) is 0 Å². The first-order chi connectivity index (χ1) is 10.2. The van der Waals surface area contributed by atoms with Crippen LogP contribution in [0.3, 0.4) is 0 Å². The van der Waals surface area contributed by atoms with Gasteiger partial charge in [-0.3, -0.25) is 0 Å². The Balaban J connectivity index is 1.85. The van der Waals surface area contributed by atoms with Crippen LogP contribution in [0.15, 0.2) is 42.5 Å². The average Bonchev–Trinajstić information content (AvgIpc) is 2.48. The zero-order valence-corrected chi connectivity index (χ0v) is 13.4. The molecule has 0 atom stereocenters. The van der Waals surface area contributed by atoms with Crippen molar-refractivity contribution in [1.29, 1.82) is 0 Å². The maximum absolute atomic E-state index is 6.23. The van der Waals surface area contributed by atoms with Gasteiger partial charge in [-0.25, -0.2) is 0 Å². The lowest BCUT2D eigenvalue weighted by atomic mass is 10.1. The highest BCUT2D eigenvalue weighted by molar-refractivity contribution is 6.32. The van der Waals surface area contributed by atoms with Gasteiger partial charge in [0.05, 0.1) is 11.6 Å². The van der Waals surface area contributed by atoms with E-state index in [1.165, 1.54) is 11.1 Å². The molecule has 0 amide bonds. The zero-order chi connectivity index (χ0) is 15.1. The summed E-state index contributed by atoms with van der Waals surface area (Å²) in [6, 6.07) is 14.5. The summed E-state index contributed by atoms with van der Waals surface area (Å²) in [4.78, 5) is 0. The molecule has 0 heterocycles. The highest BCUT2D eigenvalue weighted by Gasteiger charge is 2.03. The van der Waals surface area contributed by atoms with Crippen molar-refractivity contribution in [2.75, 3.05) is 6.61 Å². The third-order valence-electron chi connectivity index (χ3n) is 3.24. The van der Waals surface area contributed by atoms with E-state index in [0.717, 1.165) is 30.8 Å². The predicted octanol–water partition coefficient (Wildman–Crippen LogP) is 4.73. The molecule has 3 heteroatoms. The first-order valence-electron chi connectivity index (χ1n) is 7.36. The topological polar surface area (TPSA) is 21.3 Å². The zero-order valence-electron chi connectivity index (χ0n) is 12.7. The lowest BCUT2D eigenvalue weighted by Crippen LogP contribution is -2.12. The summed E-state index contributed by atoms with van der Waals surface area (Å²) in [5.41, 5.74) is 3.73. The van der Waals surface area contributed by atoms with E-state index in [1.807, 2.05) is 12.1 Å². The van der Waals surface area contributed by atoms with E-state index in [0.29, 0.717) is 11.6 Å². The Bertz CT molecular complexity index is 566. The molecule has 2 aromatic carbocycles. The molecule has 0 spiro atoms. The number of hydrogen-bond acceptors (Lipinski definition) is 2. The minimum atomic E-state index is 0.679. The third kappa shape index (κ3) is 5.07. The second kappa shape index (κ2) is 8.06. The van der Waals surface area contributed by atoms with Gasteiger partial charge in [0.15, 0.2) is 0 Å². The van der Waals surface area contributed by atoms with Crippen molar-refractivity contribution in [2.45, 2.75) is 33.4 Å². The molecule has 0 bridgehead atoms. The van der Waals surface area contributed by atoms with E-state index in [-0.39, 0.29) is 0 Å². The molecule has 112 valence electrons. The van der Waals surface area contributed by atoms with E-state index in [4.69, 9.17) is 16.3 Å². The first-order valence-corrected chi connectivity index (χ1v) is 7.74. The molecule has 2 nitrogen and oxygen atoms in total. The van der Waals surface area contributed by atoms with Gasteiger partial charge in [-0.15, -0.1) is 0 Å². The van der Waals surface area contributed by atoms with Crippen molar-refractivity contribution in [2.24, 2.45) is 0 Å². The van der Waals surface area contributed by atoms with Crippen LogP contribution in [0.1, 0.15) is 30.0 Å². The van der Waals surface area contributed by atoms with E-state index in [1.54, 1.807) is 0 Å². The monoisotopic (exact) mass is 303 g/mol. The van der Waals surface area contributed by atoms with Gasteiger partial charge in [0.1, 0.15) is 5.75 Å². The number of ether oxygens (including phenoxy) is 1. The van der Waals surface area contributed by atoms with Crippen molar-refractivity contribution in [3.63, 3.8) is 0 Å². The molecule has 0 aromatic heterocycles. The Morgan fingerprint density at radius 1 is 1.00 bits per heavy atom. The molecule has 2 rings (SSSR count). The third-order valence-corrected chi connectivity index (χ3v) is 3.53. The molecular formula is C18H22ClNO. The smallest absolute Gasteiger partial charge is 0.137 e. The normalized spacial score (nSPS) is 10.6. The number of nitrogens with one attached hydrogen (secondary N) is 1. The Hall–Kier alpha value is -1.51. The number of rotatable bonds is 7. The average molecular weight is 304 g/mol. The molecule has 0 fully saturated rings. The van der Waals surface area contributed by atoms with Gasteiger partial charge in [-0.05, 0) is 36.6 Å². The maximum Gasteiger partial charge on any atom is 0.137 e. The van der Waals surface area contributed by atoms with Gasteiger partial charge in [-0.2, -0.15) is 0 Å². The summed E-state index contributed by atoms with van der Waals surface area (Å²) < 4.78 is 5.57. The molecule has 0 saturated carbocycles. The van der Waals surface area contributed by atoms with Crippen molar-refractivity contribution < 1.29 is 4.74 Å². The second-order valence-corrected chi connectivity index (χ2v) is 5.61. The van der Waals surface area contributed by atoms with E-state index >= 15 is 0 Å². The highest BCUT2D eigenvalue weighted by atomic mass is 35.5. The van der Waals surface area contributed by atoms with E-state index < -0.39 is 0 Å². The fraction of sp³-hybridized carbons (Fsp3) is 0.333. The maximum atomic E-state index is 6.23. The van der Waals surface area contributed by atoms with Crippen molar-refractivity contribution in [3.8, 4) is 5.75 Å². The first kappa shape index (κ1) is 15.9. The summed E-state index contributed by atoms with van der Waals surface area (Å²) in [5.74, 6) is 0.765. The van der Waals surface area contributed by atoms with Crippen molar-refractivity contribution >= 4 is 11.6 Å². The van der Waals surface area contributed by atoms with Gasteiger partial charge >= 0.3 is 0 Å². The molecular weight excluding hydrogens is 282 g/mol. The molecule has 0 radical (unpaired) electrons. The lowest BCUT2D eigenvalue weighted by Gasteiger charge is -2.10. The Morgan fingerprint density at radius 3 is 2.33 bits per heavy atom. The minimum absolute atomic E-state index is 0.679. The summed E-state index contributed by atoms with van der Waals surface area (Å²) >= 11 is 6.23. The van der Waals surface area contributed by atoms with Crippen LogP contribution in [-0.4, -0.2) is 6.61 Å². The van der Waals surface area contributed by atoms with Crippen molar-refractivity contribution in [3.05, 3.63) is 64.2 Å². The molecule has 0 saturated heterocycles. The molecule has 1 N–H and O–H groups in total. The van der Waals surface area contributed by atoms with Gasteiger partial charge in [0.2, 0.25) is 0 Å². The fourth-order valence-electron chi connectivity index (χ4n) is 2.04. The van der Waals surface area contributed by atoms with Crippen LogP contribution in [0, 0.1) is 6.92 Å². The summed E-state index contributed by atoms with van der Waals surface area (Å²) in [6.07, 6.45) is 0.982. The molecule has 0 aliphatic carbocycles. The molecule has 2 aromatic rings. The molecule has 0 aliphatic heterocycles. The fourth-order valence-corrected chi connectivity index (χ4v) is 2.30. The van der Waals surface area contributed by atoms with Crippen LogP contribution in [0.5, 0.6) is 5.75 Å². The standard InChI is InChI=1S/C18H22ClNO/c1-3-10-21-18-9-8-16(11-17(18)19)13-20-12-15-6-4-14(2)5-7-15/h4-9,11,20H,3,10,12-13H2,1-2H3. The van der Waals surface area contributed by atoms with Gasteiger partial charge in [-0.1, -0.05) is 54.4 Å². The lowest BCUT2D eigenvalue weighted by molar-refractivity contribution is 0.317. The van der Waals surface area contributed by atoms with Gasteiger partial charge in [0, 0.05) is 13.1 Å². The van der Waals surface area contributed by atoms with Crippen LogP contribution in [0.2, 0.25) is 5.02 Å². The van der Waals surface area contributed by atoms with Crippen LogP contribution in [0.4, 0.5) is 0 Å². The van der Waals surface area contributed by atoms with E-state index in [2.05, 4.69) is 49.5 Å².